The van der Waals surface area contributed by atoms with E-state index >= 15 is 0 Å². The highest BCUT2D eigenvalue weighted by Crippen LogP contribution is 2.30. The number of rotatable bonds is 5. The maximum Gasteiger partial charge on any atom is 0.198 e. The molecule has 0 aliphatic heterocycles. The van der Waals surface area contributed by atoms with Gasteiger partial charge < -0.3 is 10.3 Å². The summed E-state index contributed by atoms with van der Waals surface area (Å²) in [5.74, 6) is 1.80. The van der Waals surface area contributed by atoms with Gasteiger partial charge in [0, 0.05) is 18.4 Å². The number of aromatic nitrogens is 5. The van der Waals surface area contributed by atoms with Crippen LogP contribution in [0, 0.1) is 0 Å². The molecule has 0 radical (unpaired) electrons. The molecule has 110 valence electrons. The molecule has 0 amide bonds. The van der Waals surface area contributed by atoms with Gasteiger partial charge >= 0.3 is 0 Å². The van der Waals surface area contributed by atoms with Gasteiger partial charge in [0.2, 0.25) is 0 Å². The zero-order valence-electron chi connectivity index (χ0n) is 12.3. The van der Waals surface area contributed by atoms with Crippen LogP contribution >= 0.6 is 23.3 Å². The number of nitrogens with zero attached hydrogens (tertiary/aromatic N) is 5. The van der Waals surface area contributed by atoms with Gasteiger partial charge in [0.15, 0.2) is 9.50 Å². The molecule has 0 aliphatic carbocycles. The topological polar surface area (TPSA) is 82.5 Å². The maximum atomic E-state index is 5.59. The Morgan fingerprint density at radius 3 is 2.60 bits per heavy atom. The Bertz CT molecular complexity index is 569. The third-order valence-electron chi connectivity index (χ3n) is 2.73. The Hall–Kier alpha value is -0.990. The molecule has 8 heteroatoms. The van der Waals surface area contributed by atoms with E-state index in [-0.39, 0.29) is 5.41 Å². The van der Waals surface area contributed by atoms with Crippen molar-refractivity contribution in [1.82, 2.24) is 24.1 Å². The Labute approximate surface area is 127 Å². The van der Waals surface area contributed by atoms with E-state index in [1.807, 2.05) is 0 Å². The van der Waals surface area contributed by atoms with Crippen LogP contribution in [0.2, 0.25) is 0 Å². The minimum atomic E-state index is -0.0293. The summed E-state index contributed by atoms with van der Waals surface area (Å²) < 4.78 is 7.39. The van der Waals surface area contributed by atoms with Crippen LogP contribution in [0.1, 0.15) is 39.3 Å². The monoisotopic (exact) mass is 312 g/mol. The summed E-state index contributed by atoms with van der Waals surface area (Å²) in [5, 5.41) is 9.28. The standard InChI is InChI=1S/C12H20N6S2/c1-5-18-8(6-7-13)15-16-10(18)19-11-14-9(17-20-11)12(2,3)4/h5-7,13H2,1-4H3. The Kier molecular flexibility index (Phi) is 4.77. The molecule has 2 heterocycles. The van der Waals surface area contributed by atoms with Crippen LogP contribution in [0.3, 0.4) is 0 Å². The van der Waals surface area contributed by atoms with Crippen LogP contribution in [0.4, 0.5) is 0 Å². The second-order valence-corrected chi connectivity index (χ2v) is 7.38. The maximum absolute atomic E-state index is 5.59. The van der Waals surface area contributed by atoms with Gasteiger partial charge in [-0.3, -0.25) is 0 Å². The molecule has 0 unspecified atom stereocenters. The van der Waals surface area contributed by atoms with E-state index in [1.54, 1.807) is 0 Å². The highest BCUT2D eigenvalue weighted by molar-refractivity contribution is 8.00. The molecule has 2 rings (SSSR count). The third kappa shape index (κ3) is 3.36. The summed E-state index contributed by atoms with van der Waals surface area (Å²) in [6, 6.07) is 0. The fraction of sp³-hybridized carbons (Fsp3) is 0.667. The highest BCUT2D eigenvalue weighted by atomic mass is 32.2. The van der Waals surface area contributed by atoms with E-state index in [1.165, 1.54) is 23.3 Å². The lowest BCUT2D eigenvalue weighted by atomic mass is 9.96. The van der Waals surface area contributed by atoms with Crippen molar-refractivity contribution in [2.24, 2.45) is 5.73 Å². The lowest BCUT2D eigenvalue weighted by Crippen LogP contribution is -2.13. The predicted octanol–water partition coefficient (Wildman–Crippen LogP) is 2.10. The Morgan fingerprint density at radius 1 is 1.30 bits per heavy atom. The minimum absolute atomic E-state index is 0.0293. The molecule has 0 aromatic carbocycles. The second kappa shape index (κ2) is 6.19. The normalized spacial score (nSPS) is 12.1. The molecule has 0 atom stereocenters. The zero-order chi connectivity index (χ0) is 14.8. The average Bonchev–Trinajstić information content (AvgIpc) is 2.97. The fourth-order valence-corrected chi connectivity index (χ4v) is 3.47. The molecule has 20 heavy (non-hydrogen) atoms. The molecule has 0 saturated heterocycles. The molecule has 0 fully saturated rings. The van der Waals surface area contributed by atoms with Gasteiger partial charge in [0.05, 0.1) is 0 Å². The SMILES string of the molecule is CCn1c(CCN)nnc1Sc1nc(C(C)(C)C)ns1. The summed E-state index contributed by atoms with van der Waals surface area (Å²) in [6.07, 6.45) is 0.741. The van der Waals surface area contributed by atoms with Crippen molar-refractivity contribution in [1.29, 1.82) is 0 Å². The Morgan fingerprint density at radius 2 is 2.05 bits per heavy atom. The zero-order valence-corrected chi connectivity index (χ0v) is 13.9. The van der Waals surface area contributed by atoms with Crippen LogP contribution in [0.5, 0.6) is 0 Å². The molecule has 0 saturated carbocycles. The molecule has 2 aromatic heterocycles. The van der Waals surface area contributed by atoms with Crippen molar-refractivity contribution in [2.45, 2.75) is 55.6 Å². The van der Waals surface area contributed by atoms with Gasteiger partial charge in [0.25, 0.3) is 0 Å². The lowest BCUT2D eigenvalue weighted by molar-refractivity contribution is 0.551. The first-order valence-corrected chi connectivity index (χ1v) is 8.19. The minimum Gasteiger partial charge on any atom is -0.330 e. The highest BCUT2D eigenvalue weighted by Gasteiger charge is 2.21. The van der Waals surface area contributed by atoms with Crippen LogP contribution in [0.15, 0.2) is 9.50 Å². The number of hydrogen-bond donors (Lipinski definition) is 1. The summed E-state index contributed by atoms with van der Waals surface area (Å²) in [4.78, 5) is 4.57. The summed E-state index contributed by atoms with van der Waals surface area (Å²) in [7, 11) is 0. The van der Waals surface area contributed by atoms with Crippen LogP contribution < -0.4 is 5.73 Å². The number of hydrogen-bond acceptors (Lipinski definition) is 7. The van der Waals surface area contributed by atoms with Crippen LogP contribution in [-0.2, 0) is 18.4 Å². The lowest BCUT2D eigenvalue weighted by Gasteiger charge is -2.12. The van der Waals surface area contributed by atoms with Crippen LogP contribution in [0.25, 0.3) is 0 Å². The van der Waals surface area contributed by atoms with E-state index in [4.69, 9.17) is 5.73 Å². The Balaban J connectivity index is 2.20. The van der Waals surface area contributed by atoms with Crippen molar-refractivity contribution >= 4 is 23.3 Å². The largest absolute Gasteiger partial charge is 0.330 e. The molecule has 2 aromatic rings. The van der Waals surface area contributed by atoms with Crippen molar-refractivity contribution < 1.29 is 0 Å². The third-order valence-corrected chi connectivity index (χ3v) is 4.47. The van der Waals surface area contributed by atoms with Crippen molar-refractivity contribution in [2.75, 3.05) is 6.54 Å². The quantitative estimate of drug-likeness (QED) is 0.910. The van der Waals surface area contributed by atoms with Gasteiger partial charge in [-0.25, -0.2) is 4.98 Å². The molecule has 0 aliphatic rings. The molecule has 6 nitrogen and oxygen atoms in total. The summed E-state index contributed by atoms with van der Waals surface area (Å²) in [5.41, 5.74) is 5.56. The van der Waals surface area contributed by atoms with Crippen molar-refractivity contribution in [3.05, 3.63) is 11.6 Å². The van der Waals surface area contributed by atoms with Gasteiger partial charge in [-0.1, -0.05) is 20.8 Å². The van der Waals surface area contributed by atoms with Crippen molar-refractivity contribution in [3.8, 4) is 0 Å². The summed E-state index contributed by atoms with van der Waals surface area (Å²) >= 11 is 2.92. The molecular formula is C12H20N6S2. The van der Waals surface area contributed by atoms with E-state index < -0.39 is 0 Å². The predicted molar refractivity (Wildman–Crippen MR) is 81.2 cm³/mol. The molecule has 0 bridgehead atoms. The van der Waals surface area contributed by atoms with E-state index in [9.17, 15) is 0 Å². The van der Waals surface area contributed by atoms with E-state index in [0.717, 1.165) is 34.1 Å². The van der Waals surface area contributed by atoms with Gasteiger partial charge in [-0.2, -0.15) is 4.37 Å². The molecule has 0 spiro atoms. The van der Waals surface area contributed by atoms with Gasteiger partial charge in [-0.05, 0) is 36.8 Å². The summed E-state index contributed by atoms with van der Waals surface area (Å²) in [6.45, 7) is 9.81. The first-order valence-electron chi connectivity index (χ1n) is 6.60. The van der Waals surface area contributed by atoms with Crippen LogP contribution in [-0.4, -0.2) is 30.7 Å². The smallest absolute Gasteiger partial charge is 0.198 e. The first-order chi connectivity index (χ1) is 9.45. The molecular weight excluding hydrogens is 292 g/mol. The first kappa shape index (κ1) is 15.4. The number of nitrogens with two attached hydrogens (primary N) is 1. The second-order valence-electron chi connectivity index (χ2n) is 5.42. The van der Waals surface area contributed by atoms with E-state index in [0.29, 0.717) is 6.54 Å². The fourth-order valence-electron chi connectivity index (χ4n) is 1.66. The van der Waals surface area contributed by atoms with E-state index in [2.05, 4.69) is 51.8 Å². The van der Waals surface area contributed by atoms with Crippen molar-refractivity contribution in [3.63, 3.8) is 0 Å². The van der Waals surface area contributed by atoms with Gasteiger partial charge in [-0.15, -0.1) is 10.2 Å². The van der Waals surface area contributed by atoms with Gasteiger partial charge in [0.1, 0.15) is 11.6 Å². The average molecular weight is 312 g/mol. The molecule has 2 N–H and O–H groups in total.